The molecule has 0 aromatic rings. The van der Waals surface area contributed by atoms with Crippen molar-refractivity contribution in [1.82, 2.24) is 5.32 Å². The maximum absolute atomic E-state index is 10.6. The number of nitrogens with one attached hydrogen (secondary N) is 1. The minimum absolute atomic E-state index is 0.140. The molecule has 64 valence electrons. The Morgan fingerprint density at radius 2 is 2.67 bits per heavy atom. The fourth-order valence-electron chi connectivity index (χ4n) is 1.03. The van der Waals surface area contributed by atoms with E-state index in [4.69, 9.17) is 10.00 Å². The first-order chi connectivity index (χ1) is 5.72. The second kappa shape index (κ2) is 3.77. The summed E-state index contributed by atoms with van der Waals surface area (Å²) in [6.07, 6.45) is 2.89. The van der Waals surface area contributed by atoms with Crippen LogP contribution in [-0.4, -0.2) is 12.1 Å². The number of hydrogen-bond acceptors (Lipinski definition) is 3. The van der Waals surface area contributed by atoms with Gasteiger partial charge in [-0.2, -0.15) is 5.26 Å². The van der Waals surface area contributed by atoms with E-state index in [0.717, 1.165) is 12.8 Å². The number of carbonyl (C=O) groups excluding carboxylic acids is 1. The van der Waals surface area contributed by atoms with Gasteiger partial charge >= 0.3 is 0 Å². The standard InChI is InChI=1S/C8H10N2O2/c1-6(11)10-8-4-2-3-7(5-9)12-8/h3,8H,2,4H2,1H3,(H,10,11)/t8-/m0/s1. The zero-order valence-corrected chi connectivity index (χ0v) is 6.83. The minimum Gasteiger partial charge on any atom is -0.461 e. The average Bonchev–Trinajstić information content (AvgIpc) is 2.03. The van der Waals surface area contributed by atoms with E-state index in [1.807, 2.05) is 6.07 Å². The molecule has 4 nitrogen and oxygen atoms in total. The molecule has 1 amide bonds. The van der Waals surface area contributed by atoms with Crippen molar-refractivity contribution in [3.05, 3.63) is 11.8 Å². The summed E-state index contributed by atoms with van der Waals surface area (Å²) in [5, 5.41) is 11.1. The van der Waals surface area contributed by atoms with Crippen LogP contribution in [0.5, 0.6) is 0 Å². The summed E-state index contributed by atoms with van der Waals surface area (Å²) >= 11 is 0. The van der Waals surface area contributed by atoms with Gasteiger partial charge in [0.25, 0.3) is 0 Å². The zero-order chi connectivity index (χ0) is 8.97. The van der Waals surface area contributed by atoms with Gasteiger partial charge in [-0.3, -0.25) is 4.79 Å². The quantitative estimate of drug-likeness (QED) is 0.622. The Hall–Kier alpha value is -1.50. The van der Waals surface area contributed by atoms with Crippen LogP contribution in [0.1, 0.15) is 19.8 Å². The first-order valence-corrected chi connectivity index (χ1v) is 3.76. The first kappa shape index (κ1) is 8.60. The molecule has 1 aliphatic rings. The van der Waals surface area contributed by atoms with E-state index in [1.54, 1.807) is 6.08 Å². The summed E-state index contributed by atoms with van der Waals surface area (Å²) in [4.78, 5) is 10.6. The lowest BCUT2D eigenvalue weighted by Gasteiger charge is -2.21. The third kappa shape index (κ3) is 2.27. The Bertz CT molecular complexity index is 252. The van der Waals surface area contributed by atoms with Gasteiger partial charge < -0.3 is 10.1 Å². The molecule has 1 heterocycles. The van der Waals surface area contributed by atoms with E-state index in [-0.39, 0.29) is 12.1 Å². The maximum atomic E-state index is 10.6. The van der Waals surface area contributed by atoms with E-state index in [2.05, 4.69) is 5.32 Å². The zero-order valence-electron chi connectivity index (χ0n) is 6.83. The van der Waals surface area contributed by atoms with Crippen LogP contribution in [0.2, 0.25) is 0 Å². The van der Waals surface area contributed by atoms with E-state index in [1.165, 1.54) is 6.92 Å². The molecule has 0 aromatic heterocycles. The smallest absolute Gasteiger partial charge is 0.219 e. The predicted molar refractivity (Wildman–Crippen MR) is 41.6 cm³/mol. The van der Waals surface area contributed by atoms with Gasteiger partial charge in [0.2, 0.25) is 5.91 Å². The molecule has 1 rings (SSSR count). The van der Waals surface area contributed by atoms with E-state index < -0.39 is 0 Å². The van der Waals surface area contributed by atoms with E-state index in [9.17, 15) is 4.79 Å². The Morgan fingerprint density at radius 3 is 3.25 bits per heavy atom. The number of nitriles is 1. The number of nitrogens with zero attached hydrogens (tertiary/aromatic N) is 1. The molecule has 1 aliphatic heterocycles. The van der Waals surface area contributed by atoms with Gasteiger partial charge in [-0.25, -0.2) is 0 Å². The van der Waals surface area contributed by atoms with Crippen molar-refractivity contribution >= 4 is 5.91 Å². The first-order valence-electron chi connectivity index (χ1n) is 3.76. The second-order valence-corrected chi connectivity index (χ2v) is 2.56. The van der Waals surface area contributed by atoms with Crippen LogP contribution in [0.3, 0.4) is 0 Å². The Kier molecular flexibility index (Phi) is 2.70. The molecule has 0 aromatic carbocycles. The van der Waals surface area contributed by atoms with Crippen LogP contribution in [0.4, 0.5) is 0 Å². The van der Waals surface area contributed by atoms with Crippen LogP contribution < -0.4 is 5.32 Å². The van der Waals surface area contributed by atoms with Gasteiger partial charge in [-0.15, -0.1) is 0 Å². The number of carbonyl (C=O) groups is 1. The maximum Gasteiger partial charge on any atom is 0.219 e. The third-order valence-corrected chi connectivity index (χ3v) is 1.50. The third-order valence-electron chi connectivity index (χ3n) is 1.50. The summed E-state index contributed by atoms with van der Waals surface area (Å²) in [7, 11) is 0. The van der Waals surface area contributed by atoms with Gasteiger partial charge in [0.1, 0.15) is 6.07 Å². The largest absolute Gasteiger partial charge is 0.461 e. The van der Waals surface area contributed by atoms with Gasteiger partial charge in [0.05, 0.1) is 0 Å². The van der Waals surface area contributed by atoms with Crippen LogP contribution in [0.25, 0.3) is 0 Å². The normalized spacial score (nSPS) is 21.7. The van der Waals surface area contributed by atoms with Crippen molar-refractivity contribution in [3.63, 3.8) is 0 Å². The number of allylic oxidation sites excluding steroid dienone is 2. The summed E-state index contributed by atoms with van der Waals surface area (Å²) in [6.45, 7) is 1.42. The molecule has 1 atom stereocenters. The second-order valence-electron chi connectivity index (χ2n) is 2.56. The van der Waals surface area contributed by atoms with Gasteiger partial charge in [-0.1, -0.05) is 0 Å². The number of rotatable bonds is 1. The molecule has 0 saturated carbocycles. The Labute approximate surface area is 70.8 Å². The monoisotopic (exact) mass is 166 g/mol. The predicted octanol–water partition coefficient (Wildman–Crippen LogP) is 0.666. The molecule has 0 aliphatic carbocycles. The lowest BCUT2D eigenvalue weighted by molar-refractivity contribution is -0.122. The van der Waals surface area contributed by atoms with Crippen LogP contribution in [0.15, 0.2) is 11.8 Å². The lowest BCUT2D eigenvalue weighted by Crippen LogP contribution is -2.36. The highest BCUT2D eigenvalue weighted by Crippen LogP contribution is 2.13. The van der Waals surface area contributed by atoms with Gasteiger partial charge in [-0.05, 0) is 12.5 Å². The molecule has 1 N–H and O–H groups in total. The lowest BCUT2D eigenvalue weighted by atomic mass is 10.2. The van der Waals surface area contributed by atoms with Gasteiger partial charge in [0, 0.05) is 13.3 Å². The molecule has 4 heteroatoms. The number of amides is 1. The molecule has 0 unspecified atom stereocenters. The average molecular weight is 166 g/mol. The fraction of sp³-hybridized carbons (Fsp3) is 0.500. The Morgan fingerprint density at radius 1 is 1.92 bits per heavy atom. The van der Waals surface area contributed by atoms with Crippen LogP contribution >= 0.6 is 0 Å². The molecular weight excluding hydrogens is 156 g/mol. The van der Waals surface area contributed by atoms with E-state index >= 15 is 0 Å². The van der Waals surface area contributed by atoms with Crippen LogP contribution in [0, 0.1) is 11.3 Å². The number of ether oxygens (including phenoxy) is 1. The molecule has 0 radical (unpaired) electrons. The van der Waals surface area contributed by atoms with Gasteiger partial charge in [0.15, 0.2) is 12.0 Å². The molecule has 0 saturated heterocycles. The highest BCUT2D eigenvalue weighted by Gasteiger charge is 2.15. The summed E-state index contributed by atoms with van der Waals surface area (Å²) in [6, 6.07) is 1.89. The van der Waals surface area contributed by atoms with Crippen molar-refractivity contribution in [2.24, 2.45) is 0 Å². The molecule has 0 spiro atoms. The molecule has 12 heavy (non-hydrogen) atoms. The van der Waals surface area contributed by atoms with Crippen molar-refractivity contribution in [2.75, 3.05) is 0 Å². The SMILES string of the molecule is CC(=O)N[C@@H]1CCC=C(C#N)O1. The highest BCUT2D eigenvalue weighted by atomic mass is 16.5. The van der Waals surface area contributed by atoms with E-state index in [0.29, 0.717) is 5.76 Å². The summed E-state index contributed by atoms with van der Waals surface area (Å²) in [5.41, 5.74) is 0. The summed E-state index contributed by atoms with van der Waals surface area (Å²) in [5.74, 6) is 0.152. The highest BCUT2D eigenvalue weighted by molar-refractivity contribution is 5.73. The topological polar surface area (TPSA) is 62.1 Å². The van der Waals surface area contributed by atoms with Crippen LogP contribution in [-0.2, 0) is 9.53 Å². The Balaban J connectivity index is 2.47. The number of hydrogen-bond donors (Lipinski definition) is 1. The van der Waals surface area contributed by atoms with Crippen molar-refractivity contribution < 1.29 is 9.53 Å². The molecule has 0 bridgehead atoms. The molecule has 0 fully saturated rings. The fourth-order valence-corrected chi connectivity index (χ4v) is 1.03. The van der Waals surface area contributed by atoms with Crippen molar-refractivity contribution in [2.45, 2.75) is 26.0 Å². The van der Waals surface area contributed by atoms with Crippen molar-refractivity contribution in [1.29, 1.82) is 5.26 Å². The minimum atomic E-state index is -0.331. The molecular formula is C8H10N2O2. The summed E-state index contributed by atoms with van der Waals surface area (Å²) < 4.78 is 5.11. The van der Waals surface area contributed by atoms with Crippen molar-refractivity contribution in [3.8, 4) is 6.07 Å².